The molecule has 2 heterocycles. The van der Waals surface area contributed by atoms with E-state index in [1.165, 1.54) is 25.8 Å². The molecule has 1 atom stereocenters. The topological polar surface area (TPSA) is 86.8 Å². The lowest BCUT2D eigenvalue weighted by Gasteiger charge is -2.32. The molecule has 20 heavy (non-hydrogen) atoms. The number of piperidine rings is 1. The molecule has 0 aliphatic carbocycles. The molecule has 1 unspecified atom stereocenters. The lowest BCUT2D eigenvalue weighted by Crippen LogP contribution is -2.43. The van der Waals surface area contributed by atoms with E-state index in [2.05, 4.69) is 27.4 Å². The maximum atomic E-state index is 8.77. The molecule has 2 rings (SSSR count). The van der Waals surface area contributed by atoms with Gasteiger partial charge in [0.15, 0.2) is 5.84 Å². The summed E-state index contributed by atoms with van der Waals surface area (Å²) in [4.78, 5) is 6.57. The van der Waals surface area contributed by atoms with Crippen LogP contribution in [0.1, 0.15) is 30.5 Å². The minimum atomic E-state index is 0.0529. The summed E-state index contributed by atoms with van der Waals surface area (Å²) < 4.78 is 0. The third-order valence-electron chi connectivity index (χ3n) is 3.86. The van der Waals surface area contributed by atoms with Gasteiger partial charge in [-0.2, -0.15) is 0 Å². The zero-order valence-electron chi connectivity index (χ0n) is 11.9. The van der Waals surface area contributed by atoms with E-state index in [0.717, 1.165) is 12.1 Å². The monoisotopic (exact) mass is 277 g/mol. The number of amidine groups is 1. The summed E-state index contributed by atoms with van der Waals surface area (Å²) in [6.07, 6.45) is 5.48. The van der Waals surface area contributed by atoms with Gasteiger partial charge in [-0.15, -0.1) is 0 Å². The summed E-state index contributed by atoms with van der Waals surface area (Å²) in [5.41, 5.74) is 7.12. The Morgan fingerprint density at radius 1 is 1.60 bits per heavy atom. The van der Waals surface area contributed by atoms with Gasteiger partial charge in [-0.3, -0.25) is 4.98 Å². The lowest BCUT2D eigenvalue weighted by molar-refractivity contribution is 0.181. The molecule has 0 saturated carbocycles. The maximum Gasteiger partial charge on any atom is 0.189 e. The van der Waals surface area contributed by atoms with Crippen LogP contribution in [0.15, 0.2) is 23.5 Å². The molecule has 110 valence electrons. The van der Waals surface area contributed by atoms with Gasteiger partial charge < -0.3 is 21.2 Å². The molecular weight excluding hydrogens is 254 g/mol. The summed E-state index contributed by atoms with van der Waals surface area (Å²) in [6, 6.07) is 4.39. The van der Waals surface area contributed by atoms with E-state index >= 15 is 0 Å². The zero-order chi connectivity index (χ0) is 14.4. The van der Waals surface area contributed by atoms with Gasteiger partial charge in [0.1, 0.15) is 5.69 Å². The molecule has 6 heteroatoms. The minimum Gasteiger partial charge on any atom is -0.409 e. The van der Waals surface area contributed by atoms with Crippen molar-refractivity contribution in [1.82, 2.24) is 15.2 Å². The summed E-state index contributed by atoms with van der Waals surface area (Å²) in [6.45, 7) is 2.79. The van der Waals surface area contributed by atoms with Crippen molar-refractivity contribution in [2.45, 2.75) is 31.8 Å². The molecule has 4 N–H and O–H groups in total. The normalized spacial score (nSPS) is 21.1. The molecule has 1 saturated heterocycles. The van der Waals surface area contributed by atoms with E-state index < -0.39 is 0 Å². The number of rotatable bonds is 5. The Balaban J connectivity index is 1.91. The Labute approximate surface area is 119 Å². The second-order valence-electron chi connectivity index (χ2n) is 5.26. The van der Waals surface area contributed by atoms with E-state index in [9.17, 15) is 0 Å². The summed E-state index contributed by atoms with van der Waals surface area (Å²) in [5.74, 6) is 0.0529. The number of nitrogens with zero attached hydrogens (tertiary/aromatic N) is 3. The molecule has 0 amide bonds. The van der Waals surface area contributed by atoms with Crippen LogP contribution in [0.5, 0.6) is 0 Å². The van der Waals surface area contributed by atoms with Crippen LogP contribution < -0.4 is 11.1 Å². The molecule has 0 spiro atoms. The van der Waals surface area contributed by atoms with Crippen molar-refractivity contribution >= 4 is 5.84 Å². The van der Waals surface area contributed by atoms with Crippen molar-refractivity contribution in [1.29, 1.82) is 0 Å². The molecule has 0 aromatic carbocycles. The largest absolute Gasteiger partial charge is 0.409 e. The Kier molecular flexibility index (Phi) is 5.31. The molecule has 6 nitrogen and oxygen atoms in total. The lowest BCUT2D eigenvalue weighted by atomic mass is 10.0. The number of hydrogen-bond donors (Lipinski definition) is 3. The highest BCUT2D eigenvalue weighted by Crippen LogP contribution is 2.14. The average Bonchev–Trinajstić information content (AvgIpc) is 2.49. The highest BCUT2D eigenvalue weighted by Gasteiger charge is 2.18. The van der Waals surface area contributed by atoms with E-state index in [0.29, 0.717) is 18.3 Å². The van der Waals surface area contributed by atoms with Crippen LogP contribution in [0.3, 0.4) is 0 Å². The number of aromatic nitrogens is 1. The van der Waals surface area contributed by atoms with Crippen molar-refractivity contribution in [3.05, 3.63) is 29.6 Å². The third-order valence-corrected chi connectivity index (χ3v) is 3.86. The second kappa shape index (κ2) is 7.21. The van der Waals surface area contributed by atoms with Gasteiger partial charge in [-0.1, -0.05) is 17.6 Å². The average molecular weight is 277 g/mol. The first kappa shape index (κ1) is 14.7. The number of likely N-dealkylation sites (tertiary alicyclic amines) is 1. The maximum absolute atomic E-state index is 8.77. The number of hydrogen-bond acceptors (Lipinski definition) is 5. The molecule has 1 aliphatic heterocycles. The summed E-state index contributed by atoms with van der Waals surface area (Å²) in [5, 5.41) is 15.2. The van der Waals surface area contributed by atoms with Crippen LogP contribution in [0.4, 0.5) is 0 Å². The SMILES string of the molecule is CN1CCCCC1CNCc1cccnc1C(N)=NO. The van der Waals surface area contributed by atoms with Gasteiger partial charge in [-0.25, -0.2) is 0 Å². The fraction of sp³-hybridized carbons (Fsp3) is 0.571. The van der Waals surface area contributed by atoms with Gasteiger partial charge in [-0.05, 0) is 38.1 Å². The number of likely N-dealkylation sites (N-methyl/N-ethyl adjacent to an activating group) is 1. The van der Waals surface area contributed by atoms with Crippen molar-refractivity contribution < 1.29 is 5.21 Å². The van der Waals surface area contributed by atoms with Gasteiger partial charge in [0.2, 0.25) is 0 Å². The van der Waals surface area contributed by atoms with Crippen molar-refractivity contribution in [3.8, 4) is 0 Å². The minimum absolute atomic E-state index is 0.0529. The quantitative estimate of drug-likeness (QED) is 0.320. The fourth-order valence-corrected chi connectivity index (χ4v) is 2.63. The third kappa shape index (κ3) is 3.68. The predicted octanol–water partition coefficient (Wildman–Crippen LogP) is 0.750. The van der Waals surface area contributed by atoms with E-state index in [-0.39, 0.29) is 5.84 Å². The van der Waals surface area contributed by atoms with Crippen molar-refractivity contribution in [2.75, 3.05) is 20.1 Å². The first-order valence-corrected chi connectivity index (χ1v) is 7.05. The second-order valence-corrected chi connectivity index (χ2v) is 5.26. The standard InChI is InChI=1S/C14H23N5O/c1-19-8-3-2-6-12(19)10-16-9-11-5-4-7-17-13(11)14(15)18-20/h4-5,7,12,16,20H,2-3,6,8-10H2,1H3,(H2,15,18). The number of pyridine rings is 1. The van der Waals surface area contributed by atoms with Crippen LogP contribution in [0.2, 0.25) is 0 Å². The Morgan fingerprint density at radius 2 is 2.45 bits per heavy atom. The first-order chi connectivity index (χ1) is 9.72. The number of nitrogens with one attached hydrogen (secondary N) is 1. The van der Waals surface area contributed by atoms with Gasteiger partial charge >= 0.3 is 0 Å². The van der Waals surface area contributed by atoms with Crippen LogP contribution in [0, 0.1) is 0 Å². The zero-order valence-corrected chi connectivity index (χ0v) is 11.9. The Morgan fingerprint density at radius 3 is 3.20 bits per heavy atom. The van der Waals surface area contributed by atoms with E-state index in [4.69, 9.17) is 10.9 Å². The molecule has 0 radical (unpaired) electrons. The fourth-order valence-electron chi connectivity index (χ4n) is 2.63. The highest BCUT2D eigenvalue weighted by atomic mass is 16.4. The van der Waals surface area contributed by atoms with E-state index in [1.54, 1.807) is 6.20 Å². The molecule has 1 aromatic heterocycles. The van der Waals surface area contributed by atoms with Gasteiger partial charge in [0, 0.05) is 25.3 Å². The van der Waals surface area contributed by atoms with Gasteiger partial charge in [0.05, 0.1) is 0 Å². The number of nitrogens with two attached hydrogens (primary N) is 1. The molecular formula is C14H23N5O. The summed E-state index contributed by atoms with van der Waals surface area (Å²) >= 11 is 0. The van der Waals surface area contributed by atoms with Crippen LogP contribution >= 0.6 is 0 Å². The van der Waals surface area contributed by atoms with Crippen LogP contribution in [0.25, 0.3) is 0 Å². The van der Waals surface area contributed by atoms with Crippen LogP contribution in [-0.2, 0) is 6.54 Å². The molecule has 1 aliphatic rings. The molecule has 1 aromatic rings. The highest BCUT2D eigenvalue weighted by molar-refractivity contribution is 5.96. The Bertz CT molecular complexity index is 463. The number of oxime groups is 1. The molecule has 0 bridgehead atoms. The van der Waals surface area contributed by atoms with Gasteiger partial charge in [0.25, 0.3) is 0 Å². The summed E-state index contributed by atoms with van der Waals surface area (Å²) in [7, 11) is 2.18. The van der Waals surface area contributed by atoms with Crippen molar-refractivity contribution in [3.63, 3.8) is 0 Å². The predicted molar refractivity (Wildman–Crippen MR) is 78.7 cm³/mol. The van der Waals surface area contributed by atoms with Crippen LogP contribution in [-0.4, -0.2) is 47.1 Å². The Hall–Kier alpha value is -1.66. The molecule has 1 fully saturated rings. The first-order valence-electron chi connectivity index (χ1n) is 7.05. The van der Waals surface area contributed by atoms with Crippen molar-refractivity contribution in [2.24, 2.45) is 10.9 Å². The smallest absolute Gasteiger partial charge is 0.189 e. The van der Waals surface area contributed by atoms with E-state index in [1.807, 2.05) is 12.1 Å².